The molecule has 0 heterocycles. The van der Waals surface area contributed by atoms with E-state index in [4.69, 9.17) is 4.74 Å². The number of hydrogen-bond acceptors (Lipinski definition) is 3. The van der Waals surface area contributed by atoms with Gasteiger partial charge in [-0.25, -0.2) is 0 Å². The summed E-state index contributed by atoms with van der Waals surface area (Å²) < 4.78 is 4.90. The van der Waals surface area contributed by atoms with E-state index in [-0.39, 0.29) is 35.5 Å². The summed E-state index contributed by atoms with van der Waals surface area (Å²) in [5.74, 6) is -0.513. The van der Waals surface area contributed by atoms with Crippen molar-refractivity contribution in [3.63, 3.8) is 0 Å². The van der Waals surface area contributed by atoms with Crippen molar-refractivity contribution < 1.29 is 14.3 Å². The van der Waals surface area contributed by atoms with Gasteiger partial charge >= 0.3 is 5.97 Å². The van der Waals surface area contributed by atoms with Gasteiger partial charge in [0.15, 0.2) is 0 Å². The van der Waals surface area contributed by atoms with Gasteiger partial charge < -0.3 is 10.1 Å². The number of esters is 1. The topological polar surface area (TPSA) is 55.4 Å². The molecule has 1 N–H and O–H groups in total. The molecular weight excluding hydrogens is 290 g/mol. The summed E-state index contributed by atoms with van der Waals surface area (Å²) in [5.41, 5.74) is 1.28. The number of benzene rings is 1. The normalized spacial score (nSPS) is 27.9. The summed E-state index contributed by atoms with van der Waals surface area (Å²) in [6, 6.07) is 10.2. The van der Waals surface area contributed by atoms with Gasteiger partial charge in [0.05, 0.1) is 18.9 Å². The van der Waals surface area contributed by atoms with Crippen LogP contribution in [0.2, 0.25) is 0 Å². The van der Waals surface area contributed by atoms with E-state index in [1.807, 2.05) is 18.2 Å². The SMILES string of the molecule is COC(=O)C1C(C(=O)NCCCc2ccccc2)[C@H]2C=C[C@@H]1C2. The van der Waals surface area contributed by atoms with Gasteiger partial charge in [-0.2, -0.15) is 0 Å². The number of rotatable bonds is 6. The summed E-state index contributed by atoms with van der Waals surface area (Å²) in [7, 11) is 1.40. The van der Waals surface area contributed by atoms with E-state index in [2.05, 4.69) is 29.6 Å². The van der Waals surface area contributed by atoms with Crippen molar-refractivity contribution >= 4 is 11.9 Å². The average Bonchev–Trinajstić information content (AvgIpc) is 3.20. The summed E-state index contributed by atoms with van der Waals surface area (Å²) in [6.45, 7) is 0.638. The Morgan fingerprint density at radius 2 is 1.83 bits per heavy atom. The van der Waals surface area contributed by atoms with Gasteiger partial charge in [0.1, 0.15) is 0 Å². The molecule has 0 saturated heterocycles. The molecular formula is C19H23NO3. The number of ether oxygens (including phenoxy) is 1. The maximum atomic E-state index is 12.5. The number of nitrogens with one attached hydrogen (secondary N) is 1. The van der Waals surface area contributed by atoms with Crippen molar-refractivity contribution in [3.05, 3.63) is 48.0 Å². The molecule has 23 heavy (non-hydrogen) atoms. The molecule has 4 heteroatoms. The molecule has 0 aliphatic heterocycles. The van der Waals surface area contributed by atoms with E-state index in [0.717, 1.165) is 19.3 Å². The monoisotopic (exact) mass is 313 g/mol. The summed E-state index contributed by atoms with van der Waals surface area (Å²) in [4.78, 5) is 24.5. The first-order valence-electron chi connectivity index (χ1n) is 8.28. The third-order valence-electron chi connectivity index (χ3n) is 5.02. The van der Waals surface area contributed by atoms with Crippen molar-refractivity contribution in [1.82, 2.24) is 5.32 Å². The van der Waals surface area contributed by atoms with Crippen LogP contribution >= 0.6 is 0 Å². The highest BCUT2D eigenvalue weighted by Crippen LogP contribution is 2.48. The quantitative estimate of drug-likeness (QED) is 0.498. The van der Waals surface area contributed by atoms with Crippen LogP contribution in [-0.4, -0.2) is 25.5 Å². The van der Waals surface area contributed by atoms with Crippen molar-refractivity contribution in [2.24, 2.45) is 23.7 Å². The molecule has 2 aliphatic carbocycles. The lowest BCUT2D eigenvalue weighted by molar-refractivity contribution is -0.151. The fourth-order valence-corrected chi connectivity index (χ4v) is 3.90. The summed E-state index contributed by atoms with van der Waals surface area (Å²) in [6.07, 6.45) is 6.87. The average molecular weight is 313 g/mol. The van der Waals surface area contributed by atoms with Gasteiger partial charge in [-0.15, -0.1) is 0 Å². The first-order chi connectivity index (χ1) is 11.2. The third kappa shape index (κ3) is 3.31. The maximum absolute atomic E-state index is 12.5. The predicted octanol–water partition coefficient (Wildman–Crippen LogP) is 2.35. The molecule has 1 aromatic rings. The summed E-state index contributed by atoms with van der Waals surface area (Å²) in [5, 5.41) is 3.01. The van der Waals surface area contributed by atoms with E-state index in [1.54, 1.807) is 0 Å². The minimum absolute atomic E-state index is 0.00897. The smallest absolute Gasteiger partial charge is 0.310 e. The van der Waals surface area contributed by atoms with Crippen LogP contribution in [0.5, 0.6) is 0 Å². The Morgan fingerprint density at radius 3 is 2.52 bits per heavy atom. The van der Waals surface area contributed by atoms with Gasteiger partial charge in [-0.1, -0.05) is 42.5 Å². The van der Waals surface area contributed by atoms with Gasteiger partial charge in [-0.3, -0.25) is 9.59 Å². The highest BCUT2D eigenvalue weighted by molar-refractivity contribution is 5.87. The molecule has 2 aliphatic rings. The molecule has 0 spiro atoms. The number of aryl methyl sites for hydroxylation is 1. The molecule has 1 amide bonds. The zero-order valence-corrected chi connectivity index (χ0v) is 13.4. The van der Waals surface area contributed by atoms with Crippen molar-refractivity contribution in [2.45, 2.75) is 19.3 Å². The van der Waals surface area contributed by atoms with Crippen molar-refractivity contribution in [1.29, 1.82) is 0 Å². The van der Waals surface area contributed by atoms with Gasteiger partial charge in [0.25, 0.3) is 0 Å². The second-order valence-corrected chi connectivity index (χ2v) is 6.40. The van der Waals surface area contributed by atoms with Crippen LogP contribution in [0.1, 0.15) is 18.4 Å². The molecule has 4 atom stereocenters. The van der Waals surface area contributed by atoms with E-state index >= 15 is 0 Å². The van der Waals surface area contributed by atoms with Gasteiger partial charge in [0, 0.05) is 6.54 Å². The Balaban J connectivity index is 1.51. The largest absolute Gasteiger partial charge is 0.469 e. The Labute approximate surface area is 136 Å². The van der Waals surface area contributed by atoms with Crippen LogP contribution < -0.4 is 5.32 Å². The maximum Gasteiger partial charge on any atom is 0.310 e. The molecule has 3 rings (SSSR count). The standard InChI is InChI=1S/C19H23NO3/c1-23-19(22)17-15-10-9-14(12-15)16(17)18(21)20-11-5-8-13-6-3-2-4-7-13/h2-4,6-7,9-10,14-17H,5,8,11-12H2,1H3,(H,20,21)/t14-,15+,16?,17?/m0/s1. The van der Waals surface area contributed by atoms with Crippen molar-refractivity contribution in [2.75, 3.05) is 13.7 Å². The number of fused-ring (bicyclic) bond motifs is 2. The highest BCUT2D eigenvalue weighted by atomic mass is 16.5. The number of amides is 1. The van der Waals surface area contributed by atoms with Crippen LogP contribution in [0, 0.1) is 23.7 Å². The van der Waals surface area contributed by atoms with Gasteiger partial charge in [0.2, 0.25) is 5.91 Å². The minimum atomic E-state index is -0.316. The highest BCUT2D eigenvalue weighted by Gasteiger charge is 2.51. The number of hydrogen-bond donors (Lipinski definition) is 1. The molecule has 1 saturated carbocycles. The Morgan fingerprint density at radius 1 is 1.13 bits per heavy atom. The zero-order chi connectivity index (χ0) is 16.2. The second-order valence-electron chi connectivity index (χ2n) is 6.40. The summed E-state index contributed by atoms with van der Waals surface area (Å²) >= 11 is 0. The van der Waals surface area contributed by atoms with E-state index in [0.29, 0.717) is 6.54 Å². The molecule has 2 unspecified atom stereocenters. The second kappa shape index (κ2) is 6.99. The fraction of sp³-hybridized carbons (Fsp3) is 0.474. The lowest BCUT2D eigenvalue weighted by Gasteiger charge is -2.25. The van der Waals surface area contributed by atoms with Gasteiger partial charge in [-0.05, 0) is 36.7 Å². The molecule has 122 valence electrons. The third-order valence-corrected chi connectivity index (χ3v) is 5.02. The van der Waals surface area contributed by atoms with E-state index in [1.165, 1.54) is 12.7 Å². The lowest BCUT2D eigenvalue weighted by atomic mass is 9.82. The molecule has 0 aromatic heterocycles. The first-order valence-corrected chi connectivity index (χ1v) is 8.28. The van der Waals surface area contributed by atoms with E-state index in [9.17, 15) is 9.59 Å². The fourth-order valence-electron chi connectivity index (χ4n) is 3.90. The number of carbonyl (C=O) groups excluding carboxylic acids is 2. The molecule has 4 nitrogen and oxygen atoms in total. The Bertz CT molecular complexity index is 596. The minimum Gasteiger partial charge on any atom is -0.469 e. The predicted molar refractivity (Wildman–Crippen MR) is 87.5 cm³/mol. The van der Waals surface area contributed by atoms with Crippen molar-refractivity contribution in [3.8, 4) is 0 Å². The first kappa shape index (κ1) is 15.8. The Kier molecular flexibility index (Phi) is 4.79. The van der Waals surface area contributed by atoms with Crippen LogP contribution in [0.4, 0.5) is 0 Å². The van der Waals surface area contributed by atoms with Crippen LogP contribution in [0.25, 0.3) is 0 Å². The van der Waals surface area contributed by atoms with E-state index < -0.39 is 0 Å². The Hall–Kier alpha value is -2.10. The molecule has 1 fully saturated rings. The molecule has 0 radical (unpaired) electrons. The number of allylic oxidation sites excluding steroid dienone is 2. The molecule has 2 bridgehead atoms. The number of methoxy groups -OCH3 is 1. The van der Waals surface area contributed by atoms with Crippen LogP contribution in [0.3, 0.4) is 0 Å². The number of carbonyl (C=O) groups is 2. The zero-order valence-electron chi connectivity index (χ0n) is 13.4. The van der Waals surface area contributed by atoms with Crippen LogP contribution in [-0.2, 0) is 20.7 Å². The molecule has 1 aromatic carbocycles. The lowest BCUT2D eigenvalue weighted by Crippen LogP contribution is -2.41. The van der Waals surface area contributed by atoms with Crippen LogP contribution in [0.15, 0.2) is 42.5 Å².